The quantitative estimate of drug-likeness (QED) is 0.590. The Hall–Kier alpha value is -2.07. The second-order valence-corrected chi connectivity index (χ2v) is 7.92. The van der Waals surface area contributed by atoms with Crippen molar-refractivity contribution >= 4 is 5.97 Å². The number of aromatic hydroxyl groups is 1. The second kappa shape index (κ2) is 8.54. The Morgan fingerprint density at radius 2 is 1.85 bits per heavy atom. The van der Waals surface area contributed by atoms with Crippen molar-refractivity contribution in [2.45, 2.75) is 65.6 Å². The van der Waals surface area contributed by atoms with Crippen molar-refractivity contribution in [2.75, 3.05) is 0 Å². The highest BCUT2D eigenvalue weighted by Crippen LogP contribution is 2.31. The highest BCUT2D eigenvalue weighted by Gasteiger charge is 2.28. The molecule has 2 atom stereocenters. The average molecular weight is 358 g/mol. The summed E-state index contributed by atoms with van der Waals surface area (Å²) in [4.78, 5) is 12.5. The zero-order chi connectivity index (χ0) is 19.3. The van der Waals surface area contributed by atoms with Crippen molar-refractivity contribution in [1.82, 2.24) is 0 Å². The summed E-state index contributed by atoms with van der Waals surface area (Å²) < 4.78 is 5.72. The molecule has 0 bridgehead atoms. The van der Waals surface area contributed by atoms with Gasteiger partial charge in [-0.3, -0.25) is 0 Å². The van der Waals surface area contributed by atoms with Gasteiger partial charge < -0.3 is 14.9 Å². The van der Waals surface area contributed by atoms with Gasteiger partial charge in [-0.2, -0.15) is 0 Å². The Labute approximate surface area is 156 Å². The van der Waals surface area contributed by atoms with Crippen LogP contribution in [0.15, 0.2) is 47.6 Å². The molecule has 0 fully saturated rings. The van der Waals surface area contributed by atoms with E-state index in [1.165, 1.54) is 17.7 Å². The van der Waals surface area contributed by atoms with E-state index in [4.69, 9.17) is 4.74 Å². The number of phenolic OH excluding ortho intramolecular Hbond substituents is 1. The molecule has 0 saturated heterocycles. The van der Waals surface area contributed by atoms with E-state index in [1.54, 1.807) is 12.1 Å². The van der Waals surface area contributed by atoms with Crippen LogP contribution in [0.25, 0.3) is 0 Å². The number of hydrogen-bond donors (Lipinski definition) is 2. The maximum absolute atomic E-state index is 12.5. The van der Waals surface area contributed by atoms with Crippen molar-refractivity contribution in [3.05, 3.63) is 53.1 Å². The minimum absolute atomic E-state index is 0.108. The van der Waals surface area contributed by atoms with Crippen LogP contribution in [0.1, 0.15) is 63.7 Å². The van der Waals surface area contributed by atoms with E-state index in [1.807, 2.05) is 13.0 Å². The number of carbonyl (C=O) groups excluding carboxylic acids is 1. The van der Waals surface area contributed by atoms with Gasteiger partial charge in [-0.15, -0.1) is 0 Å². The molecule has 4 nitrogen and oxygen atoms in total. The molecule has 142 valence electrons. The number of aliphatic hydroxyl groups excluding tert-OH is 1. The first-order valence-corrected chi connectivity index (χ1v) is 9.21. The molecular formula is C22H30O4. The van der Waals surface area contributed by atoms with Crippen molar-refractivity contribution < 1.29 is 19.7 Å². The first-order chi connectivity index (χ1) is 12.2. The Balaban J connectivity index is 2.25. The van der Waals surface area contributed by atoms with Crippen LogP contribution in [0.2, 0.25) is 0 Å². The topological polar surface area (TPSA) is 66.8 Å². The minimum Gasteiger partial charge on any atom is -0.508 e. The van der Waals surface area contributed by atoms with Gasteiger partial charge in [0.05, 0.1) is 11.7 Å². The molecule has 2 rings (SSSR count). The molecule has 0 spiro atoms. The van der Waals surface area contributed by atoms with E-state index in [9.17, 15) is 15.0 Å². The van der Waals surface area contributed by atoms with Crippen LogP contribution in [-0.2, 0) is 4.74 Å². The lowest BCUT2D eigenvalue weighted by Gasteiger charge is -2.29. The Bertz CT molecular complexity index is 683. The summed E-state index contributed by atoms with van der Waals surface area (Å²) in [5, 5.41) is 20.0. The molecule has 4 heteroatoms. The summed E-state index contributed by atoms with van der Waals surface area (Å²) >= 11 is 0. The molecule has 0 amide bonds. The molecule has 0 heterocycles. The van der Waals surface area contributed by atoms with Gasteiger partial charge in [0.2, 0.25) is 0 Å². The van der Waals surface area contributed by atoms with Crippen LogP contribution in [0.4, 0.5) is 0 Å². The van der Waals surface area contributed by atoms with E-state index in [0.717, 1.165) is 24.8 Å². The van der Waals surface area contributed by atoms with Gasteiger partial charge in [0, 0.05) is 6.42 Å². The van der Waals surface area contributed by atoms with Crippen molar-refractivity contribution in [2.24, 2.45) is 5.41 Å². The van der Waals surface area contributed by atoms with Gasteiger partial charge in [-0.1, -0.05) is 31.6 Å². The normalized spacial score (nSPS) is 28.0. The number of carbonyl (C=O) groups is 1. The predicted octanol–water partition coefficient (Wildman–Crippen LogP) is 4.77. The number of phenols is 1. The predicted molar refractivity (Wildman–Crippen MR) is 103 cm³/mol. The number of allylic oxidation sites excluding steroid dienone is 1. The molecule has 1 aliphatic carbocycles. The van der Waals surface area contributed by atoms with E-state index in [2.05, 4.69) is 26.8 Å². The first-order valence-electron chi connectivity index (χ1n) is 9.21. The molecule has 0 aliphatic heterocycles. The van der Waals surface area contributed by atoms with Crippen molar-refractivity contribution in [1.29, 1.82) is 0 Å². The zero-order valence-corrected chi connectivity index (χ0v) is 16.2. The summed E-state index contributed by atoms with van der Waals surface area (Å²) in [6.07, 6.45) is 6.46. The summed E-state index contributed by atoms with van der Waals surface area (Å²) in [5.74, 6) is -0.325. The van der Waals surface area contributed by atoms with Gasteiger partial charge >= 0.3 is 5.97 Å². The molecule has 1 aliphatic rings. The Morgan fingerprint density at radius 3 is 2.50 bits per heavy atom. The summed E-state index contributed by atoms with van der Waals surface area (Å²) in [7, 11) is 0. The molecule has 26 heavy (non-hydrogen) atoms. The van der Waals surface area contributed by atoms with E-state index < -0.39 is 18.2 Å². The maximum Gasteiger partial charge on any atom is 0.338 e. The number of esters is 1. The molecule has 0 unspecified atom stereocenters. The Morgan fingerprint density at radius 1 is 1.19 bits per heavy atom. The lowest BCUT2D eigenvalue weighted by molar-refractivity contribution is 0.0368. The largest absolute Gasteiger partial charge is 0.508 e. The fourth-order valence-corrected chi connectivity index (χ4v) is 3.08. The lowest BCUT2D eigenvalue weighted by atomic mass is 9.80. The average Bonchev–Trinajstić information content (AvgIpc) is 2.59. The highest BCUT2D eigenvalue weighted by atomic mass is 16.5. The van der Waals surface area contributed by atoms with E-state index in [-0.39, 0.29) is 11.2 Å². The van der Waals surface area contributed by atoms with Gasteiger partial charge in [0.1, 0.15) is 11.9 Å². The monoisotopic (exact) mass is 358 g/mol. The fourth-order valence-electron chi connectivity index (χ4n) is 3.08. The highest BCUT2D eigenvalue weighted by molar-refractivity contribution is 5.89. The molecule has 1 aromatic rings. The van der Waals surface area contributed by atoms with Crippen LogP contribution < -0.4 is 0 Å². The van der Waals surface area contributed by atoms with Gasteiger partial charge in [-0.05, 0) is 68.4 Å². The van der Waals surface area contributed by atoms with Gasteiger partial charge in [-0.25, -0.2) is 4.79 Å². The van der Waals surface area contributed by atoms with Gasteiger partial charge in [0.15, 0.2) is 0 Å². The van der Waals surface area contributed by atoms with Crippen molar-refractivity contribution in [3.63, 3.8) is 0 Å². The maximum atomic E-state index is 12.5. The minimum atomic E-state index is -0.587. The SMILES string of the molecule is C/C1=C\C[C@H](OC(=O)c2ccc(O)cc2)/C(C)=C/[C@@H](O)C(C)(C)CCC1. The molecule has 0 aromatic heterocycles. The summed E-state index contributed by atoms with van der Waals surface area (Å²) in [6.45, 7) is 8.13. The number of ether oxygens (including phenoxy) is 1. The number of rotatable bonds is 2. The molecular weight excluding hydrogens is 328 g/mol. The lowest BCUT2D eigenvalue weighted by Crippen LogP contribution is -2.29. The van der Waals surface area contributed by atoms with Crippen LogP contribution in [-0.4, -0.2) is 28.4 Å². The molecule has 2 N–H and O–H groups in total. The van der Waals surface area contributed by atoms with Crippen molar-refractivity contribution in [3.8, 4) is 5.75 Å². The van der Waals surface area contributed by atoms with Crippen LogP contribution in [0, 0.1) is 5.41 Å². The van der Waals surface area contributed by atoms with Crippen LogP contribution in [0.3, 0.4) is 0 Å². The molecule has 1 aromatic carbocycles. The van der Waals surface area contributed by atoms with E-state index in [0.29, 0.717) is 12.0 Å². The molecule has 0 radical (unpaired) electrons. The van der Waals surface area contributed by atoms with Gasteiger partial charge in [0.25, 0.3) is 0 Å². The number of aliphatic hydroxyl groups is 1. The zero-order valence-electron chi connectivity index (χ0n) is 16.2. The second-order valence-electron chi connectivity index (χ2n) is 7.92. The van der Waals surface area contributed by atoms with E-state index >= 15 is 0 Å². The third-order valence-corrected chi connectivity index (χ3v) is 5.15. The third-order valence-electron chi connectivity index (χ3n) is 5.15. The standard InChI is InChI=1S/C22H30O4/c1-15-6-5-13-22(3,4)20(24)14-16(2)19(12-7-15)26-21(25)17-8-10-18(23)11-9-17/h7-11,14,19-20,23-24H,5-6,12-13H2,1-4H3/b15-7+,16-14+/t19-,20+/m0/s1. The Kier molecular flexibility index (Phi) is 6.65. The molecule has 0 saturated carbocycles. The fraction of sp³-hybridized carbons (Fsp3) is 0.500. The number of hydrogen-bond acceptors (Lipinski definition) is 4. The number of benzene rings is 1. The summed E-state index contributed by atoms with van der Waals surface area (Å²) in [5.41, 5.74) is 2.29. The smallest absolute Gasteiger partial charge is 0.338 e. The third kappa shape index (κ3) is 5.46. The van der Waals surface area contributed by atoms with Crippen LogP contribution >= 0.6 is 0 Å². The summed E-state index contributed by atoms with van der Waals surface area (Å²) in [6, 6.07) is 6.02. The first kappa shape index (κ1) is 20.2. The van der Waals surface area contributed by atoms with Crippen LogP contribution in [0.5, 0.6) is 5.75 Å².